The van der Waals surface area contributed by atoms with Crippen LogP contribution in [-0.4, -0.2) is 127 Å². The number of imide groups is 2. The summed E-state index contributed by atoms with van der Waals surface area (Å²) >= 11 is 6.50. The molecule has 0 aliphatic carbocycles. The first-order chi connectivity index (χ1) is 29.5. The summed E-state index contributed by atoms with van der Waals surface area (Å²) in [4.78, 5) is 86.9. The Labute approximate surface area is 355 Å². The number of ether oxygens (including phenoxy) is 4. The minimum absolute atomic E-state index is 0.0545. The van der Waals surface area contributed by atoms with Gasteiger partial charge in [-0.1, -0.05) is 17.7 Å². The molecule has 61 heavy (non-hydrogen) atoms. The Balaban J connectivity index is 0.793. The molecule has 322 valence electrons. The standard InChI is InChI=1S/C41H46ClN9O10/c1-43-34(53)23-61-32-21-24-20-25(6-7-30(24)49(2)39(32)56)46-36-28(42)22-45-41(48-36)50-13-10-26(11-14-50)60-19-18-59-17-16-58-15-12-44-29-5-3-4-27-35(29)40(57)51(38(27)55)31-8-9-33(52)47-37(31)54/h3-7,20-22,26,31,44H,8-19,23H2,1-2H3,(H,43,53)(H,45,46,48)(H,47,52,54). The fraction of sp³-hybridized carbons (Fsp3) is 0.415. The summed E-state index contributed by atoms with van der Waals surface area (Å²) in [5, 5.41) is 12.1. The van der Waals surface area contributed by atoms with Gasteiger partial charge in [-0.05, 0) is 55.7 Å². The third-order valence-corrected chi connectivity index (χ3v) is 10.8. The summed E-state index contributed by atoms with van der Waals surface area (Å²) in [7, 11) is 3.13. The molecule has 0 radical (unpaired) electrons. The van der Waals surface area contributed by atoms with Crippen LogP contribution in [0.25, 0.3) is 10.9 Å². The number of nitrogens with one attached hydrogen (secondary N) is 4. The second kappa shape index (κ2) is 19.5. The van der Waals surface area contributed by atoms with Gasteiger partial charge in [-0.2, -0.15) is 4.98 Å². The summed E-state index contributed by atoms with van der Waals surface area (Å²) in [6, 6.07) is 10.9. The van der Waals surface area contributed by atoms with Crippen molar-refractivity contribution in [2.75, 3.05) is 81.9 Å². The SMILES string of the molecule is CNC(=O)COc1cc2cc(Nc3nc(N4CCC(OCCOCCOCCNc5cccc6c5C(=O)N(C5CCC(=O)NC5=O)C6=O)CC4)ncc3Cl)ccc2n(C)c1=O. The second-order valence-corrected chi connectivity index (χ2v) is 14.9. The lowest BCUT2D eigenvalue weighted by Crippen LogP contribution is -2.54. The van der Waals surface area contributed by atoms with Crippen molar-refractivity contribution in [2.45, 2.75) is 37.8 Å². The van der Waals surface area contributed by atoms with E-state index in [0.29, 0.717) is 91.7 Å². The maximum atomic E-state index is 13.3. The highest BCUT2D eigenvalue weighted by molar-refractivity contribution is 6.33. The zero-order chi connectivity index (χ0) is 43.0. The van der Waals surface area contributed by atoms with E-state index >= 15 is 0 Å². The first kappa shape index (κ1) is 43.0. The van der Waals surface area contributed by atoms with Gasteiger partial charge in [-0.15, -0.1) is 0 Å². The van der Waals surface area contributed by atoms with Crippen molar-refractivity contribution in [3.8, 4) is 5.75 Å². The highest BCUT2D eigenvalue weighted by atomic mass is 35.5. The van der Waals surface area contributed by atoms with Crippen LogP contribution in [0.5, 0.6) is 5.75 Å². The quantitative estimate of drug-likeness (QED) is 0.0833. The van der Waals surface area contributed by atoms with Crippen LogP contribution in [0, 0.1) is 0 Å². The lowest BCUT2D eigenvalue weighted by atomic mass is 10.0. The molecule has 2 fully saturated rings. The van der Waals surface area contributed by atoms with Gasteiger partial charge in [-0.25, -0.2) is 4.98 Å². The minimum atomic E-state index is -1.03. The van der Waals surface area contributed by atoms with Gasteiger partial charge in [0.15, 0.2) is 18.2 Å². The molecule has 1 unspecified atom stereocenters. The molecule has 3 aliphatic heterocycles. The van der Waals surface area contributed by atoms with E-state index in [4.69, 9.17) is 35.5 Å². The number of hydrogen-bond donors (Lipinski definition) is 4. The van der Waals surface area contributed by atoms with E-state index in [1.54, 1.807) is 43.6 Å². The molecular formula is C41H46ClN9O10. The van der Waals surface area contributed by atoms with Gasteiger partial charge in [0.1, 0.15) is 11.1 Å². The number of amides is 5. The van der Waals surface area contributed by atoms with Crippen molar-refractivity contribution in [2.24, 2.45) is 7.05 Å². The van der Waals surface area contributed by atoms with Gasteiger partial charge in [0.2, 0.25) is 17.8 Å². The van der Waals surface area contributed by atoms with Crippen LogP contribution >= 0.6 is 11.6 Å². The molecule has 2 aromatic heterocycles. The van der Waals surface area contributed by atoms with E-state index in [2.05, 4.69) is 31.2 Å². The Kier molecular flexibility index (Phi) is 13.7. The maximum Gasteiger partial charge on any atom is 0.293 e. The number of carbonyl (C=O) groups excluding carboxylic acids is 5. The summed E-state index contributed by atoms with van der Waals surface area (Å²) in [5.74, 6) is -1.54. The van der Waals surface area contributed by atoms with E-state index in [0.717, 1.165) is 17.7 Å². The molecule has 0 bridgehead atoms. The van der Waals surface area contributed by atoms with Gasteiger partial charge >= 0.3 is 0 Å². The van der Waals surface area contributed by atoms with Crippen molar-refractivity contribution in [1.29, 1.82) is 0 Å². The van der Waals surface area contributed by atoms with Crippen molar-refractivity contribution >= 4 is 75.2 Å². The van der Waals surface area contributed by atoms with Gasteiger partial charge < -0.3 is 44.4 Å². The minimum Gasteiger partial charge on any atom is -0.478 e. The number of anilines is 4. The van der Waals surface area contributed by atoms with Gasteiger partial charge in [0, 0.05) is 56.9 Å². The predicted molar refractivity (Wildman–Crippen MR) is 224 cm³/mol. The number of fused-ring (bicyclic) bond motifs is 2. The van der Waals surface area contributed by atoms with Crippen LogP contribution in [0.1, 0.15) is 46.4 Å². The zero-order valence-corrected chi connectivity index (χ0v) is 34.4. The van der Waals surface area contributed by atoms with E-state index in [9.17, 15) is 28.8 Å². The molecule has 2 aromatic carbocycles. The maximum absolute atomic E-state index is 13.3. The number of pyridine rings is 1. The molecule has 20 heteroatoms. The highest BCUT2D eigenvalue weighted by Crippen LogP contribution is 2.33. The number of rotatable bonds is 18. The summed E-state index contributed by atoms with van der Waals surface area (Å²) < 4.78 is 24.4. The molecule has 1 atom stereocenters. The number of nitrogens with zero attached hydrogens (tertiary/aromatic N) is 5. The van der Waals surface area contributed by atoms with Crippen LogP contribution in [0.3, 0.4) is 0 Å². The average Bonchev–Trinajstić information content (AvgIpc) is 3.51. The fourth-order valence-electron chi connectivity index (χ4n) is 7.32. The van der Waals surface area contributed by atoms with E-state index in [-0.39, 0.29) is 53.9 Å². The Hall–Kier alpha value is -6.15. The molecule has 2 saturated heterocycles. The number of halogens is 1. The largest absolute Gasteiger partial charge is 0.478 e. The number of piperidine rings is 2. The lowest BCUT2D eigenvalue weighted by molar-refractivity contribution is -0.136. The van der Waals surface area contributed by atoms with Gasteiger partial charge in [-0.3, -0.25) is 39.0 Å². The second-order valence-electron chi connectivity index (χ2n) is 14.5. The average molecular weight is 860 g/mol. The summed E-state index contributed by atoms with van der Waals surface area (Å²) in [6.07, 6.45) is 3.31. The monoisotopic (exact) mass is 859 g/mol. The van der Waals surface area contributed by atoms with Crippen LogP contribution in [0.2, 0.25) is 5.02 Å². The lowest BCUT2D eigenvalue weighted by Gasteiger charge is -2.32. The molecule has 4 N–H and O–H groups in total. The number of hydrogen-bond acceptors (Lipinski definition) is 15. The van der Waals surface area contributed by atoms with E-state index in [1.807, 2.05) is 12.1 Å². The first-order valence-corrected chi connectivity index (χ1v) is 20.3. The van der Waals surface area contributed by atoms with Crippen LogP contribution in [0.4, 0.5) is 23.1 Å². The molecule has 19 nitrogen and oxygen atoms in total. The van der Waals surface area contributed by atoms with Gasteiger partial charge in [0.05, 0.1) is 62.0 Å². The smallest absolute Gasteiger partial charge is 0.293 e. The van der Waals surface area contributed by atoms with Gasteiger partial charge in [0.25, 0.3) is 23.3 Å². The Morgan fingerprint density at radius 3 is 2.49 bits per heavy atom. The van der Waals surface area contributed by atoms with Crippen LogP contribution < -0.4 is 36.5 Å². The molecule has 3 aliphatic rings. The molecular weight excluding hydrogens is 814 g/mol. The molecule has 5 heterocycles. The summed E-state index contributed by atoms with van der Waals surface area (Å²) in [5.41, 5.74) is 1.88. The molecule has 4 aromatic rings. The van der Waals surface area contributed by atoms with Crippen molar-refractivity contribution in [3.63, 3.8) is 0 Å². The van der Waals surface area contributed by atoms with Crippen molar-refractivity contribution in [1.82, 2.24) is 30.1 Å². The topological polar surface area (TPSA) is 225 Å². The predicted octanol–water partition coefficient (Wildman–Crippen LogP) is 2.38. The van der Waals surface area contributed by atoms with Crippen molar-refractivity contribution in [3.05, 3.63) is 75.2 Å². The van der Waals surface area contributed by atoms with Crippen LogP contribution in [-0.2, 0) is 35.6 Å². The highest BCUT2D eigenvalue weighted by Gasteiger charge is 2.45. The molecule has 7 rings (SSSR count). The first-order valence-electron chi connectivity index (χ1n) is 19.9. The Morgan fingerprint density at radius 2 is 1.72 bits per heavy atom. The zero-order valence-electron chi connectivity index (χ0n) is 33.7. The number of aromatic nitrogens is 3. The number of benzene rings is 2. The molecule has 5 amide bonds. The van der Waals surface area contributed by atoms with E-state index < -0.39 is 29.7 Å². The molecule has 0 saturated carbocycles. The molecule has 0 spiro atoms. The number of aryl methyl sites for hydroxylation is 1. The third-order valence-electron chi connectivity index (χ3n) is 10.5. The number of likely N-dealkylation sites (N-methyl/N-ethyl adjacent to an activating group) is 1. The number of carbonyl (C=O) groups is 5. The van der Waals surface area contributed by atoms with Crippen molar-refractivity contribution < 1.29 is 42.9 Å². The summed E-state index contributed by atoms with van der Waals surface area (Å²) in [6.45, 7) is 3.34. The normalized spacial score (nSPS) is 16.8. The Bertz CT molecular complexity index is 2390. The third kappa shape index (κ3) is 9.91. The fourth-order valence-corrected chi connectivity index (χ4v) is 7.46. The van der Waals surface area contributed by atoms with Crippen LogP contribution in [0.15, 0.2) is 53.5 Å². The van der Waals surface area contributed by atoms with E-state index in [1.165, 1.54) is 11.6 Å². The Morgan fingerprint density at radius 1 is 0.951 bits per heavy atom.